The maximum Gasteiger partial charge on any atom is 0.137 e. The third kappa shape index (κ3) is 4.17. The van der Waals surface area contributed by atoms with Gasteiger partial charge in [0.1, 0.15) is 17.7 Å². The van der Waals surface area contributed by atoms with Crippen molar-refractivity contribution in [3.8, 4) is 10.6 Å². The Morgan fingerprint density at radius 2 is 1.85 bits per heavy atom. The summed E-state index contributed by atoms with van der Waals surface area (Å²) in [4.78, 5) is 15.0. The summed E-state index contributed by atoms with van der Waals surface area (Å²) in [6.07, 6.45) is 5.42. The Kier molecular flexibility index (Phi) is 5.38. The second-order valence-electron chi connectivity index (χ2n) is 6.72. The molecule has 0 N–H and O–H groups in total. The van der Waals surface area contributed by atoms with Gasteiger partial charge >= 0.3 is 0 Å². The highest BCUT2D eigenvalue weighted by atomic mass is 32.1. The summed E-state index contributed by atoms with van der Waals surface area (Å²) in [5.41, 5.74) is 2.54. The molecule has 4 rings (SSSR count). The minimum Gasteiger partial charge on any atom is -0.299 e. The molecule has 0 spiro atoms. The zero-order chi connectivity index (χ0) is 17.8. The van der Waals surface area contributed by atoms with Crippen LogP contribution < -0.4 is 0 Å². The molecule has 6 nitrogen and oxygen atoms in total. The lowest BCUT2D eigenvalue weighted by Crippen LogP contribution is -2.46. The van der Waals surface area contributed by atoms with E-state index in [4.69, 9.17) is 0 Å². The fourth-order valence-electron chi connectivity index (χ4n) is 3.30. The topological polar surface area (TPSA) is 50.1 Å². The molecule has 0 saturated carbocycles. The lowest BCUT2D eigenvalue weighted by atomic mass is 10.1. The lowest BCUT2D eigenvalue weighted by molar-refractivity contribution is 0.124. The average molecular weight is 369 g/mol. The first kappa shape index (κ1) is 17.3. The van der Waals surface area contributed by atoms with E-state index in [2.05, 4.69) is 56.1 Å². The molecule has 1 saturated heterocycles. The van der Waals surface area contributed by atoms with E-state index in [0.717, 1.165) is 50.8 Å². The van der Waals surface area contributed by atoms with Gasteiger partial charge in [-0.2, -0.15) is 5.10 Å². The molecule has 3 aromatic rings. The largest absolute Gasteiger partial charge is 0.299 e. The van der Waals surface area contributed by atoms with Crippen molar-refractivity contribution in [3.05, 3.63) is 53.6 Å². The van der Waals surface area contributed by atoms with Crippen LogP contribution in [0.3, 0.4) is 0 Å². The Labute approximate surface area is 158 Å². The maximum atomic E-state index is 4.65. The van der Waals surface area contributed by atoms with Crippen LogP contribution in [0.1, 0.15) is 10.4 Å². The summed E-state index contributed by atoms with van der Waals surface area (Å²) in [6, 6.07) is 8.47. The molecule has 0 aliphatic carbocycles. The SMILES string of the molecule is Cc1ccccc1-c1ncc(CN2CCN(CCn3cncn3)CC2)s1. The number of thiazole rings is 1. The minimum atomic E-state index is 0.911. The molecule has 1 aliphatic heterocycles. The highest BCUT2D eigenvalue weighted by molar-refractivity contribution is 7.15. The molecular weight excluding hydrogens is 344 g/mol. The van der Waals surface area contributed by atoms with Crippen LogP contribution in [-0.2, 0) is 13.1 Å². The molecule has 136 valence electrons. The maximum absolute atomic E-state index is 4.65. The van der Waals surface area contributed by atoms with E-state index in [1.807, 2.05) is 22.2 Å². The van der Waals surface area contributed by atoms with Crippen molar-refractivity contribution in [3.63, 3.8) is 0 Å². The highest BCUT2D eigenvalue weighted by Crippen LogP contribution is 2.28. The van der Waals surface area contributed by atoms with Crippen molar-refractivity contribution >= 4 is 11.3 Å². The molecule has 0 amide bonds. The van der Waals surface area contributed by atoms with Crippen molar-refractivity contribution in [1.82, 2.24) is 29.5 Å². The second kappa shape index (κ2) is 8.07. The Morgan fingerprint density at radius 3 is 2.62 bits per heavy atom. The Balaban J connectivity index is 1.28. The van der Waals surface area contributed by atoms with Gasteiger partial charge in [0, 0.05) is 55.9 Å². The molecule has 26 heavy (non-hydrogen) atoms. The molecular formula is C19H24N6S. The number of aryl methyl sites for hydroxylation is 1. The van der Waals surface area contributed by atoms with Gasteiger partial charge in [-0.25, -0.2) is 9.97 Å². The van der Waals surface area contributed by atoms with Gasteiger partial charge in [-0.15, -0.1) is 11.3 Å². The van der Waals surface area contributed by atoms with Crippen molar-refractivity contribution in [2.24, 2.45) is 0 Å². The van der Waals surface area contributed by atoms with Crippen LogP contribution in [-0.4, -0.2) is 62.3 Å². The molecule has 7 heteroatoms. The van der Waals surface area contributed by atoms with Crippen molar-refractivity contribution in [1.29, 1.82) is 0 Å². The number of benzene rings is 1. The van der Waals surface area contributed by atoms with Crippen LogP contribution in [0, 0.1) is 6.92 Å². The van der Waals surface area contributed by atoms with Crippen molar-refractivity contribution in [2.75, 3.05) is 32.7 Å². The summed E-state index contributed by atoms with van der Waals surface area (Å²) in [5.74, 6) is 0. The standard InChI is InChI=1S/C19H24N6S/c1-16-4-2-3-5-18(16)19-21-12-17(26-19)13-24-8-6-23(7-9-24)10-11-25-15-20-14-22-25/h2-5,12,14-15H,6-11,13H2,1H3. The number of aromatic nitrogens is 4. The first-order valence-corrected chi connectivity index (χ1v) is 9.87. The number of hydrogen-bond donors (Lipinski definition) is 0. The first-order valence-electron chi connectivity index (χ1n) is 9.06. The smallest absolute Gasteiger partial charge is 0.137 e. The van der Waals surface area contributed by atoms with Gasteiger partial charge < -0.3 is 0 Å². The molecule has 0 unspecified atom stereocenters. The summed E-state index contributed by atoms with van der Waals surface area (Å²) >= 11 is 1.82. The quantitative estimate of drug-likeness (QED) is 0.669. The molecule has 0 bridgehead atoms. The van der Waals surface area contributed by atoms with Gasteiger partial charge in [-0.1, -0.05) is 24.3 Å². The van der Waals surface area contributed by atoms with E-state index >= 15 is 0 Å². The van der Waals surface area contributed by atoms with Crippen molar-refractivity contribution < 1.29 is 0 Å². The summed E-state index contributed by atoms with van der Waals surface area (Å²) in [7, 11) is 0. The Bertz CT molecular complexity index is 820. The van der Waals surface area contributed by atoms with E-state index in [0.29, 0.717) is 0 Å². The van der Waals surface area contributed by atoms with Crippen LogP contribution in [0.5, 0.6) is 0 Å². The zero-order valence-electron chi connectivity index (χ0n) is 15.1. The van der Waals surface area contributed by atoms with Crippen LogP contribution in [0.2, 0.25) is 0 Å². The number of piperazine rings is 1. The monoisotopic (exact) mass is 368 g/mol. The Morgan fingerprint density at radius 1 is 1.04 bits per heavy atom. The molecule has 0 atom stereocenters. The molecule has 0 radical (unpaired) electrons. The number of nitrogens with zero attached hydrogens (tertiary/aromatic N) is 6. The minimum absolute atomic E-state index is 0.911. The summed E-state index contributed by atoms with van der Waals surface area (Å²) in [6.45, 7) is 9.53. The molecule has 1 aromatic carbocycles. The predicted octanol–water partition coefficient (Wildman–Crippen LogP) is 2.53. The van der Waals surface area contributed by atoms with Crippen LogP contribution >= 0.6 is 11.3 Å². The predicted molar refractivity (Wildman–Crippen MR) is 104 cm³/mol. The normalized spacial score (nSPS) is 16.2. The fourth-order valence-corrected chi connectivity index (χ4v) is 4.35. The first-order chi connectivity index (χ1) is 12.8. The van der Waals surface area contributed by atoms with Gasteiger partial charge in [0.15, 0.2) is 0 Å². The van der Waals surface area contributed by atoms with Crippen LogP contribution in [0.15, 0.2) is 43.1 Å². The van der Waals surface area contributed by atoms with E-state index in [9.17, 15) is 0 Å². The van der Waals surface area contributed by atoms with Gasteiger partial charge in [0.25, 0.3) is 0 Å². The molecule has 3 heterocycles. The lowest BCUT2D eigenvalue weighted by Gasteiger charge is -2.34. The van der Waals surface area contributed by atoms with Gasteiger partial charge in [0.2, 0.25) is 0 Å². The number of rotatable bonds is 6. The highest BCUT2D eigenvalue weighted by Gasteiger charge is 2.18. The summed E-state index contributed by atoms with van der Waals surface area (Å²) < 4.78 is 1.90. The van der Waals surface area contributed by atoms with E-state index < -0.39 is 0 Å². The zero-order valence-corrected chi connectivity index (χ0v) is 15.9. The van der Waals surface area contributed by atoms with E-state index in [1.54, 1.807) is 12.7 Å². The third-order valence-corrected chi connectivity index (χ3v) is 5.90. The number of hydrogen-bond acceptors (Lipinski definition) is 6. The fraction of sp³-hybridized carbons (Fsp3) is 0.421. The third-order valence-electron chi connectivity index (χ3n) is 4.89. The Hall–Kier alpha value is -2.09. The average Bonchev–Trinajstić information content (AvgIpc) is 3.34. The molecule has 1 aliphatic rings. The van der Waals surface area contributed by atoms with Gasteiger partial charge in [0.05, 0.1) is 6.54 Å². The van der Waals surface area contributed by atoms with Crippen molar-refractivity contribution in [2.45, 2.75) is 20.0 Å². The van der Waals surface area contributed by atoms with Gasteiger partial charge in [-0.05, 0) is 12.5 Å². The van der Waals surface area contributed by atoms with Gasteiger partial charge in [-0.3, -0.25) is 14.5 Å². The van der Waals surface area contributed by atoms with E-state index in [-0.39, 0.29) is 0 Å². The second-order valence-corrected chi connectivity index (χ2v) is 7.84. The van der Waals surface area contributed by atoms with Crippen LogP contribution in [0.4, 0.5) is 0 Å². The van der Waals surface area contributed by atoms with E-state index in [1.165, 1.54) is 16.0 Å². The molecule has 2 aromatic heterocycles. The summed E-state index contributed by atoms with van der Waals surface area (Å²) in [5, 5.41) is 5.30. The molecule has 1 fully saturated rings. The van der Waals surface area contributed by atoms with Crippen LogP contribution in [0.25, 0.3) is 10.6 Å².